The van der Waals surface area contributed by atoms with E-state index < -0.39 is 11.7 Å². The van der Waals surface area contributed by atoms with E-state index in [0.717, 1.165) is 36.6 Å². The molecular weight excluding hydrogens is 529 g/mol. The van der Waals surface area contributed by atoms with Crippen molar-refractivity contribution in [3.05, 3.63) is 88.5 Å². The highest BCUT2D eigenvalue weighted by molar-refractivity contribution is 5.94. The van der Waals surface area contributed by atoms with Crippen LogP contribution in [0.25, 0.3) is 22.6 Å². The average molecular weight is 561 g/mol. The molecular formula is C32H31F3N4O2. The molecule has 1 aromatic heterocycles. The van der Waals surface area contributed by atoms with Crippen LogP contribution in [0.5, 0.6) is 0 Å². The van der Waals surface area contributed by atoms with Crippen molar-refractivity contribution in [2.24, 2.45) is 5.92 Å². The first kappa shape index (κ1) is 28.4. The molecule has 0 bridgehead atoms. The van der Waals surface area contributed by atoms with Gasteiger partial charge in [-0.2, -0.15) is 18.4 Å². The number of hydrogen-bond donors (Lipinski definition) is 1. The highest BCUT2D eigenvalue weighted by Crippen LogP contribution is 2.32. The van der Waals surface area contributed by atoms with Gasteiger partial charge in [-0.15, -0.1) is 0 Å². The molecule has 1 fully saturated rings. The summed E-state index contributed by atoms with van der Waals surface area (Å²) in [6.45, 7) is 6.53. The molecule has 1 N–H and O–H groups in total. The molecule has 0 aliphatic carbocycles. The number of carbonyl (C=O) groups is 1. The molecule has 212 valence electrons. The fourth-order valence-corrected chi connectivity index (χ4v) is 5.34. The zero-order chi connectivity index (χ0) is 29.1. The van der Waals surface area contributed by atoms with Crippen LogP contribution >= 0.6 is 0 Å². The third kappa shape index (κ3) is 6.60. The third-order valence-corrected chi connectivity index (χ3v) is 7.48. The van der Waals surface area contributed by atoms with Crippen LogP contribution in [-0.4, -0.2) is 35.4 Å². The Kier molecular flexibility index (Phi) is 8.13. The summed E-state index contributed by atoms with van der Waals surface area (Å²) in [7, 11) is 0. The molecule has 0 saturated carbocycles. The highest BCUT2D eigenvalue weighted by Gasteiger charge is 2.30. The molecule has 2 heterocycles. The van der Waals surface area contributed by atoms with Crippen molar-refractivity contribution in [2.45, 2.75) is 45.3 Å². The molecule has 3 aromatic carbocycles. The van der Waals surface area contributed by atoms with E-state index in [0.29, 0.717) is 53.3 Å². The van der Waals surface area contributed by atoms with Gasteiger partial charge in [-0.3, -0.25) is 9.69 Å². The Labute approximate surface area is 236 Å². The number of nitrogens with zero attached hydrogens (tertiary/aromatic N) is 3. The van der Waals surface area contributed by atoms with E-state index in [2.05, 4.69) is 21.3 Å². The minimum absolute atomic E-state index is 0.162. The average Bonchev–Trinajstić information content (AvgIpc) is 3.39. The lowest BCUT2D eigenvalue weighted by Gasteiger charge is -2.33. The summed E-state index contributed by atoms with van der Waals surface area (Å²) in [5, 5.41) is 12.4. The monoisotopic (exact) mass is 560 g/mol. The Morgan fingerprint density at radius 1 is 1.17 bits per heavy atom. The highest BCUT2D eigenvalue weighted by atomic mass is 19.4. The van der Waals surface area contributed by atoms with Crippen LogP contribution in [0.3, 0.4) is 0 Å². The lowest BCUT2D eigenvalue weighted by atomic mass is 9.97. The number of halogens is 3. The first-order valence-corrected chi connectivity index (χ1v) is 13.7. The minimum Gasteiger partial charge on any atom is -0.436 e. The number of nitriles is 1. The van der Waals surface area contributed by atoms with Gasteiger partial charge in [0.1, 0.15) is 5.52 Å². The van der Waals surface area contributed by atoms with Crippen molar-refractivity contribution in [1.29, 1.82) is 5.26 Å². The third-order valence-electron chi connectivity index (χ3n) is 7.48. The molecule has 1 aliphatic heterocycles. The van der Waals surface area contributed by atoms with Crippen LogP contribution < -0.4 is 5.32 Å². The summed E-state index contributed by atoms with van der Waals surface area (Å²) >= 11 is 0. The van der Waals surface area contributed by atoms with Crippen LogP contribution in [0.1, 0.15) is 65.2 Å². The molecule has 1 amide bonds. The molecule has 0 spiro atoms. The number of rotatable bonds is 7. The van der Waals surface area contributed by atoms with E-state index in [4.69, 9.17) is 4.42 Å². The minimum atomic E-state index is -4.36. The fraction of sp³-hybridized carbons (Fsp3) is 0.344. The Bertz CT molecular complexity index is 1590. The van der Waals surface area contributed by atoms with Gasteiger partial charge in [0.05, 0.1) is 17.2 Å². The molecule has 1 unspecified atom stereocenters. The van der Waals surface area contributed by atoms with E-state index in [-0.39, 0.29) is 17.7 Å². The van der Waals surface area contributed by atoms with Crippen molar-refractivity contribution in [3.63, 3.8) is 0 Å². The van der Waals surface area contributed by atoms with Crippen molar-refractivity contribution in [3.8, 4) is 17.5 Å². The normalized spacial score (nSPS) is 16.2. The van der Waals surface area contributed by atoms with E-state index in [1.54, 1.807) is 36.4 Å². The standard InChI is InChI=1S/C32H31F3N4O2/c1-20(2)27-14-23(16-36)15-28-29(27)41-31(38-28)25-10-8-24(9-11-25)30(40)37-17-22-6-4-12-39(19-22)18-21-5-3-7-26(13-21)32(33,34)35/h3,5,7-11,13-15,20,22H,4,6,12,17-19H2,1-2H3,(H,37,40). The summed E-state index contributed by atoms with van der Waals surface area (Å²) in [6.07, 6.45) is -2.49. The number of nitrogens with one attached hydrogen (secondary N) is 1. The van der Waals surface area contributed by atoms with Crippen LogP contribution in [0, 0.1) is 17.2 Å². The summed E-state index contributed by atoms with van der Waals surface area (Å²) < 4.78 is 45.3. The number of carbonyl (C=O) groups excluding carboxylic acids is 1. The van der Waals surface area contributed by atoms with Gasteiger partial charge in [0.15, 0.2) is 5.58 Å². The molecule has 1 saturated heterocycles. The van der Waals surface area contributed by atoms with Crippen LogP contribution in [0.2, 0.25) is 0 Å². The first-order valence-electron chi connectivity index (χ1n) is 13.7. The van der Waals surface area contributed by atoms with E-state index >= 15 is 0 Å². The summed E-state index contributed by atoms with van der Waals surface area (Å²) in [6, 6.07) is 18.2. The number of likely N-dealkylation sites (tertiary alicyclic amines) is 1. The van der Waals surface area contributed by atoms with E-state index in [1.807, 2.05) is 19.9 Å². The number of oxazole rings is 1. The topological polar surface area (TPSA) is 82.2 Å². The smallest absolute Gasteiger partial charge is 0.416 e. The Morgan fingerprint density at radius 2 is 1.95 bits per heavy atom. The molecule has 4 aromatic rings. The number of amides is 1. The van der Waals surface area contributed by atoms with E-state index in [9.17, 15) is 23.2 Å². The van der Waals surface area contributed by atoms with Crippen LogP contribution in [-0.2, 0) is 12.7 Å². The molecule has 1 atom stereocenters. The number of hydrogen-bond acceptors (Lipinski definition) is 5. The molecule has 0 radical (unpaired) electrons. The maximum absolute atomic E-state index is 13.1. The maximum Gasteiger partial charge on any atom is 0.416 e. The van der Waals surface area contributed by atoms with Gasteiger partial charge in [-0.25, -0.2) is 4.98 Å². The van der Waals surface area contributed by atoms with Gasteiger partial charge >= 0.3 is 6.18 Å². The second kappa shape index (κ2) is 11.8. The zero-order valence-electron chi connectivity index (χ0n) is 23.0. The second-order valence-corrected chi connectivity index (χ2v) is 10.9. The summed E-state index contributed by atoms with van der Waals surface area (Å²) in [4.78, 5) is 19.6. The zero-order valence-corrected chi connectivity index (χ0v) is 23.0. The first-order chi connectivity index (χ1) is 19.6. The summed E-state index contributed by atoms with van der Waals surface area (Å²) in [5.41, 5.74) is 3.97. The quantitative estimate of drug-likeness (QED) is 0.260. The Hall–Kier alpha value is -4.16. The SMILES string of the molecule is CC(C)c1cc(C#N)cc2nc(-c3ccc(C(=O)NCC4CCCN(Cc5cccc(C(F)(F)F)c5)C4)cc3)oc12. The summed E-state index contributed by atoms with van der Waals surface area (Å²) in [5.74, 6) is 0.609. The van der Waals surface area contributed by atoms with Crippen molar-refractivity contribution in [2.75, 3.05) is 19.6 Å². The number of aromatic nitrogens is 1. The largest absolute Gasteiger partial charge is 0.436 e. The molecule has 41 heavy (non-hydrogen) atoms. The Balaban J connectivity index is 1.19. The van der Waals surface area contributed by atoms with Gasteiger partial charge in [-0.1, -0.05) is 32.0 Å². The lowest BCUT2D eigenvalue weighted by Crippen LogP contribution is -2.40. The fourth-order valence-electron chi connectivity index (χ4n) is 5.34. The number of benzene rings is 3. The van der Waals surface area contributed by atoms with Crippen LogP contribution in [0.15, 0.2) is 65.1 Å². The number of alkyl halides is 3. The number of fused-ring (bicyclic) bond motifs is 1. The predicted octanol–water partition coefficient (Wildman–Crippen LogP) is 7.15. The van der Waals surface area contributed by atoms with Gasteiger partial charge in [0.2, 0.25) is 5.89 Å². The van der Waals surface area contributed by atoms with Gasteiger partial charge in [0.25, 0.3) is 5.91 Å². The van der Waals surface area contributed by atoms with E-state index in [1.165, 1.54) is 12.1 Å². The van der Waals surface area contributed by atoms with Crippen molar-refractivity contribution in [1.82, 2.24) is 15.2 Å². The Morgan fingerprint density at radius 3 is 2.66 bits per heavy atom. The predicted molar refractivity (Wildman–Crippen MR) is 150 cm³/mol. The van der Waals surface area contributed by atoms with Crippen molar-refractivity contribution < 1.29 is 22.4 Å². The van der Waals surface area contributed by atoms with Crippen LogP contribution in [0.4, 0.5) is 13.2 Å². The second-order valence-electron chi connectivity index (χ2n) is 10.9. The number of piperidine rings is 1. The van der Waals surface area contributed by atoms with Gasteiger partial charge < -0.3 is 9.73 Å². The van der Waals surface area contributed by atoms with Crippen molar-refractivity contribution >= 4 is 17.0 Å². The molecule has 1 aliphatic rings. The molecule has 6 nitrogen and oxygen atoms in total. The van der Waals surface area contributed by atoms with Gasteiger partial charge in [0, 0.05) is 36.3 Å². The lowest BCUT2D eigenvalue weighted by molar-refractivity contribution is -0.137. The molecule has 9 heteroatoms. The molecule has 5 rings (SSSR count). The maximum atomic E-state index is 13.1. The van der Waals surface area contributed by atoms with Gasteiger partial charge in [-0.05, 0) is 79.3 Å².